The first kappa shape index (κ1) is 27.5. The van der Waals surface area contributed by atoms with Crippen molar-refractivity contribution in [2.45, 2.75) is 5.41 Å². The van der Waals surface area contributed by atoms with Crippen molar-refractivity contribution in [3.8, 4) is 50.2 Å². The van der Waals surface area contributed by atoms with E-state index in [1.165, 1.54) is 94.3 Å². The molecule has 0 saturated carbocycles. The van der Waals surface area contributed by atoms with Crippen LogP contribution in [0.1, 0.15) is 22.3 Å². The third kappa shape index (κ3) is 3.61. The molecule has 8 aromatic carbocycles. The molecule has 0 amide bonds. The molecule has 1 nitrogen and oxygen atoms in total. The van der Waals surface area contributed by atoms with Gasteiger partial charge in [-0.25, -0.2) is 0 Å². The van der Waals surface area contributed by atoms with E-state index >= 15 is 0 Å². The maximum atomic E-state index is 2.48. The average molecular weight is 634 g/mol. The zero-order chi connectivity index (χ0) is 32.8. The van der Waals surface area contributed by atoms with Gasteiger partial charge in [-0.3, -0.25) is 0 Å². The van der Waals surface area contributed by atoms with E-state index in [1.54, 1.807) is 0 Å². The van der Waals surface area contributed by atoms with E-state index in [-0.39, 0.29) is 5.41 Å². The standard InChI is InChI=1S/C49H31N/c1-2-15-36(16-3-1)50-47-24-11-7-20-41(47)42-30-34(26-28-48(42)50)32-13-12-14-33(29-32)35-25-27-40-39-19-6-10-23-45(39)49(46(40)31-35)43-21-8-4-17-37(43)38-18-5-9-22-44(38)49/h1-31H. The molecule has 2 aliphatic carbocycles. The number of hydrogen-bond acceptors (Lipinski definition) is 0. The number of nitrogens with zero attached hydrogens (tertiary/aromatic N) is 1. The summed E-state index contributed by atoms with van der Waals surface area (Å²) in [4.78, 5) is 0. The molecule has 0 saturated heterocycles. The van der Waals surface area contributed by atoms with Crippen LogP contribution in [-0.4, -0.2) is 4.57 Å². The summed E-state index contributed by atoms with van der Waals surface area (Å²) in [5.41, 5.74) is 19.0. The van der Waals surface area contributed by atoms with Crippen molar-refractivity contribution in [3.05, 3.63) is 210 Å². The van der Waals surface area contributed by atoms with E-state index in [2.05, 4.69) is 193 Å². The molecule has 0 unspecified atom stereocenters. The second-order valence-corrected chi connectivity index (χ2v) is 13.6. The molecule has 0 atom stereocenters. The first-order valence-corrected chi connectivity index (χ1v) is 17.4. The third-order valence-corrected chi connectivity index (χ3v) is 11.2. The molecule has 0 fully saturated rings. The Balaban J connectivity index is 1.08. The highest BCUT2D eigenvalue weighted by molar-refractivity contribution is 6.10. The van der Waals surface area contributed by atoms with Gasteiger partial charge in [0.25, 0.3) is 0 Å². The highest BCUT2D eigenvalue weighted by Crippen LogP contribution is 2.63. The van der Waals surface area contributed by atoms with Gasteiger partial charge in [0, 0.05) is 16.5 Å². The summed E-state index contributed by atoms with van der Waals surface area (Å²) in [7, 11) is 0. The minimum atomic E-state index is -0.343. The number of hydrogen-bond donors (Lipinski definition) is 0. The summed E-state index contributed by atoms with van der Waals surface area (Å²) in [6, 6.07) is 69.7. The van der Waals surface area contributed by atoms with Crippen LogP contribution < -0.4 is 0 Å². The van der Waals surface area contributed by atoms with E-state index in [1.807, 2.05) is 0 Å². The molecule has 1 heterocycles. The number of fused-ring (bicyclic) bond motifs is 13. The van der Waals surface area contributed by atoms with Crippen molar-refractivity contribution in [3.63, 3.8) is 0 Å². The second-order valence-electron chi connectivity index (χ2n) is 13.6. The minimum absolute atomic E-state index is 0.343. The van der Waals surface area contributed by atoms with Crippen molar-refractivity contribution in [2.75, 3.05) is 0 Å². The molecule has 0 N–H and O–H groups in total. The van der Waals surface area contributed by atoms with Gasteiger partial charge in [-0.15, -0.1) is 0 Å². The summed E-state index contributed by atoms with van der Waals surface area (Å²) < 4.78 is 2.38. The van der Waals surface area contributed by atoms with Crippen molar-refractivity contribution < 1.29 is 0 Å². The summed E-state index contributed by atoms with van der Waals surface area (Å²) >= 11 is 0. The molecule has 1 spiro atoms. The zero-order valence-corrected chi connectivity index (χ0v) is 27.3. The van der Waals surface area contributed by atoms with Gasteiger partial charge in [-0.05, 0) is 109 Å². The second kappa shape index (κ2) is 10.3. The van der Waals surface area contributed by atoms with Crippen LogP contribution in [0.2, 0.25) is 0 Å². The van der Waals surface area contributed by atoms with E-state index in [4.69, 9.17) is 0 Å². The monoisotopic (exact) mass is 633 g/mol. The summed E-state index contributed by atoms with van der Waals surface area (Å²) in [5.74, 6) is 0. The molecule has 0 radical (unpaired) electrons. The van der Waals surface area contributed by atoms with Crippen LogP contribution in [-0.2, 0) is 5.41 Å². The van der Waals surface area contributed by atoms with Crippen molar-refractivity contribution in [2.24, 2.45) is 0 Å². The van der Waals surface area contributed by atoms with Crippen LogP contribution in [0.4, 0.5) is 0 Å². The smallest absolute Gasteiger partial charge is 0.0725 e. The van der Waals surface area contributed by atoms with Gasteiger partial charge in [0.15, 0.2) is 0 Å². The van der Waals surface area contributed by atoms with Crippen molar-refractivity contribution in [1.29, 1.82) is 0 Å². The molecule has 232 valence electrons. The zero-order valence-electron chi connectivity index (χ0n) is 27.3. The quantitative estimate of drug-likeness (QED) is 0.182. The van der Waals surface area contributed by atoms with Crippen LogP contribution in [0.3, 0.4) is 0 Å². The lowest BCUT2D eigenvalue weighted by Crippen LogP contribution is -2.25. The Kier molecular flexibility index (Phi) is 5.66. The lowest BCUT2D eigenvalue weighted by molar-refractivity contribution is 0.794. The molecule has 50 heavy (non-hydrogen) atoms. The Morgan fingerprint density at radius 1 is 0.300 bits per heavy atom. The predicted octanol–water partition coefficient (Wildman–Crippen LogP) is 12.5. The van der Waals surface area contributed by atoms with Crippen LogP contribution in [0.15, 0.2) is 188 Å². The molecule has 2 aliphatic rings. The average Bonchev–Trinajstić information content (AvgIpc) is 3.80. The van der Waals surface area contributed by atoms with Gasteiger partial charge in [-0.2, -0.15) is 0 Å². The first-order valence-electron chi connectivity index (χ1n) is 17.4. The van der Waals surface area contributed by atoms with Crippen LogP contribution in [0, 0.1) is 0 Å². The van der Waals surface area contributed by atoms with Gasteiger partial charge >= 0.3 is 0 Å². The fourth-order valence-electron chi connectivity index (χ4n) is 9.16. The maximum Gasteiger partial charge on any atom is 0.0725 e. The normalized spacial score (nSPS) is 13.4. The first-order chi connectivity index (χ1) is 24.8. The number of para-hydroxylation sites is 2. The van der Waals surface area contributed by atoms with E-state index in [0.29, 0.717) is 0 Å². The van der Waals surface area contributed by atoms with Crippen molar-refractivity contribution >= 4 is 21.8 Å². The lowest BCUT2D eigenvalue weighted by atomic mass is 9.70. The van der Waals surface area contributed by atoms with E-state index in [0.717, 1.165) is 0 Å². The van der Waals surface area contributed by atoms with Crippen LogP contribution in [0.5, 0.6) is 0 Å². The molecule has 0 aliphatic heterocycles. The Labute approximate surface area is 291 Å². The molecule has 1 heteroatoms. The van der Waals surface area contributed by atoms with Gasteiger partial charge < -0.3 is 4.57 Å². The van der Waals surface area contributed by atoms with E-state index < -0.39 is 0 Å². The largest absolute Gasteiger partial charge is 0.309 e. The van der Waals surface area contributed by atoms with Crippen molar-refractivity contribution in [1.82, 2.24) is 4.57 Å². The molecule has 0 bridgehead atoms. The summed E-state index contributed by atoms with van der Waals surface area (Å²) in [6.07, 6.45) is 0. The topological polar surface area (TPSA) is 4.93 Å². The molecule has 11 rings (SSSR count). The van der Waals surface area contributed by atoms with Crippen LogP contribution in [0.25, 0.3) is 72.0 Å². The van der Waals surface area contributed by atoms with E-state index in [9.17, 15) is 0 Å². The van der Waals surface area contributed by atoms with Gasteiger partial charge in [0.2, 0.25) is 0 Å². The minimum Gasteiger partial charge on any atom is -0.309 e. The Morgan fingerprint density at radius 2 is 0.800 bits per heavy atom. The Hall–Kier alpha value is -6.44. The highest BCUT2D eigenvalue weighted by Gasteiger charge is 2.51. The molecule has 9 aromatic rings. The Bertz CT molecular complexity index is 2750. The predicted molar refractivity (Wildman–Crippen MR) is 208 cm³/mol. The number of aromatic nitrogens is 1. The summed E-state index contributed by atoms with van der Waals surface area (Å²) in [5, 5.41) is 2.54. The maximum absolute atomic E-state index is 2.48. The van der Waals surface area contributed by atoms with Crippen LogP contribution >= 0.6 is 0 Å². The third-order valence-electron chi connectivity index (χ3n) is 11.2. The van der Waals surface area contributed by atoms with Gasteiger partial charge in [-0.1, -0.05) is 146 Å². The molecular formula is C49H31N. The van der Waals surface area contributed by atoms with Gasteiger partial charge in [0.05, 0.1) is 16.4 Å². The molecular weight excluding hydrogens is 603 g/mol. The Morgan fingerprint density at radius 3 is 1.48 bits per heavy atom. The highest BCUT2D eigenvalue weighted by atomic mass is 15.0. The number of benzene rings is 8. The fraction of sp³-hybridized carbons (Fsp3) is 0.0204. The number of rotatable bonds is 3. The SMILES string of the molecule is c1ccc(-n2c3ccccc3c3cc(-c4cccc(-c5ccc6c(c5)C5(c7ccccc7-c7ccccc75)c5ccccc5-6)c4)ccc32)cc1. The molecule has 1 aromatic heterocycles. The van der Waals surface area contributed by atoms with Gasteiger partial charge in [0.1, 0.15) is 0 Å². The lowest BCUT2D eigenvalue weighted by Gasteiger charge is -2.30. The fourth-order valence-corrected chi connectivity index (χ4v) is 9.16. The summed E-state index contributed by atoms with van der Waals surface area (Å²) in [6.45, 7) is 0.